The molecule has 1 saturated heterocycles. The first-order valence-corrected chi connectivity index (χ1v) is 8.05. The lowest BCUT2D eigenvalue weighted by Crippen LogP contribution is -2.33. The van der Waals surface area contributed by atoms with Gasteiger partial charge in [0.25, 0.3) is 0 Å². The number of aromatic nitrogens is 1. The molecule has 4 nitrogen and oxygen atoms in total. The maximum absolute atomic E-state index is 12.9. The molecular formula is C17H17ClN2O2. The van der Waals surface area contributed by atoms with Crippen LogP contribution in [0.2, 0.25) is 5.02 Å². The van der Waals surface area contributed by atoms with E-state index in [-0.39, 0.29) is 35.5 Å². The van der Waals surface area contributed by atoms with Crippen LogP contribution < -0.4 is 4.90 Å². The fraction of sp³-hybridized carbons (Fsp3) is 0.471. The van der Waals surface area contributed by atoms with Gasteiger partial charge < -0.3 is 0 Å². The average molecular weight is 317 g/mol. The lowest BCUT2D eigenvalue weighted by atomic mass is 9.81. The molecule has 0 radical (unpaired) electrons. The lowest BCUT2D eigenvalue weighted by molar-refractivity contribution is -0.123. The van der Waals surface area contributed by atoms with Crippen molar-refractivity contribution in [2.75, 3.05) is 4.90 Å². The molecule has 1 aromatic heterocycles. The number of nitrogens with zero attached hydrogens (tertiary/aromatic N) is 2. The average Bonchev–Trinajstić information content (AvgIpc) is 3.11. The molecule has 4 rings (SSSR count). The van der Waals surface area contributed by atoms with Crippen molar-refractivity contribution in [3.63, 3.8) is 0 Å². The molecule has 0 aromatic carbocycles. The standard InChI is InChI=1S/C17H17ClN2O2/c1-8(2)13-10-4-5-11(13)15-14(10)16(21)20(17(15)22)12-6-3-9(18)7-19-12/h3,6-7,10-11,14-15H,4-5H2,1-2H3/t10-,11-,14-,15-/m0/s1. The van der Waals surface area contributed by atoms with Crippen molar-refractivity contribution < 1.29 is 9.59 Å². The van der Waals surface area contributed by atoms with E-state index in [9.17, 15) is 9.59 Å². The highest BCUT2D eigenvalue weighted by molar-refractivity contribution is 6.30. The van der Waals surface area contributed by atoms with Crippen LogP contribution in [-0.4, -0.2) is 16.8 Å². The second kappa shape index (κ2) is 4.66. The van der Waals surface area contributed by atoms with E-state index in [0.29, 0.717) is 10.8 Å². The zero-order valence-corrected chi connectivity index (χ0v) is 13.3. The Balaban J connectivity index is 1.75. The second-order valence-electron chi connectivity index (χ2n) is 6.64. The number of allylic oxidation sites excluding steroid dienone is 2. The second-order valence-corrected chi connectivity index (χ2v) is 7.08. The van der Waals surface area contributed by atoms with Gasteiger partial charge in [-0.1, -0.05) is 22.7 Å². The third kappa shape index (κ3) is 1.67. The molecule has 0 unspecified atom stereocenters. The van der Waals surface area contributed by atoms with Crippen LogP contribution >= 0.6 is 11.6 Å². The normalized spacial score (nSPS) is 32.9. The van der Waals surface area contributed by atoms with Crippen molar-refractivity contribution in [2.45, 2.75) is 26.7 Å². The zero-order chi connectivity index (χ0) is 15.6. The predicted molar refractivity (Wildman–Crippen MR) is 83.3 cm³/mol. The molecule has 2 amide bonds. The van der Waals surface area contributed by atoms with Crippen LogP contribution in [0.4, 0.5) is 5.82 Å². The molecule has 0 spiro atoms. The summed E-state index contributed by atoms with van der Waals surface area (Å²) in [6.07, 6.45) is 3.52. The molecule has 4 atom stereocenters. The van der Waals surface area contributed by atoms with E-state index in [4.69, 9.17) is 11.6 Å². The fourth-order valence-electron chi connectivity index (χ4n) is 4.72. The molecule has 2 bridgehead atoms. The van der Waals surface area contributed by atoms with Gasteiger partial charge in [-0.3, -0.25) is 9.59 Å². The number of imide groups is 1. The van der Waals surface area contributed by atoms with E-state index in [1.165, 1.54) is 22.2 Å². The van der Waals surface area contributed by atoms with Crippen molar-refractivity contribution in [2.24, 2.45) is 23.7 Å². The van der Waals surface area contributed by atoms with E-state index in [1.54, 1.807) is 12.1 Å². The molecule has 22 heavy (non-hydrogen) atoms. The van der Waals surface area contributed by atoms with Gasteiger partial charge in [-0.15, -0.1) is 0 Å². The summed E-state index contributed by atoms with van der Waals surface area (Å²) < 4.78 is 0. The van der Waals surface area contributed by atoms with Crippen LogP contribution in [0.5, 0.6) is 0 Å². The molecule has 2 aliphatic carbocycles. The smallest absolute Gasteiger partial charge is 0.239 e. The first kappa shape index (κ1) is 13.9. The summed E-state index contributed by atoms with van der Waals surface area (Å²) in [5.41, 5.74) is 2.64. The molecule has 3 fully saturated rings. The third-order valence-electron chi connectivity index (χ3n) is 5.37. The maximum atomic E-state index is 12.9. The van der Waals surface area contributed by atoms with Crippen molar-refractivity contribution in [3.8, 4) is 0 Å². The van der Waals surface area contributed by atoms with Gasteiger partial charge in [-0.05, 0) is 50.7 Å². The van der Waals surface area contributed by atoms with Crippen LogP contribution in [-0.2, 0) is 9.59 Å². The maximum Gasteiger partial charge on any atom is 0.239 e. The summed E-state index contributed by atoms with van der Waals surface area (Å²) in [6.45, 7) is 4.18. The van der Waals surface area contributed by atoms with Crippen molar-refractivity contribution in [1.29, 1.82) is 0 Å². The molecule has 1 aromatic rings. The number of hydrogen-bond acceptors (Lipinski definition) is 3. The Morgan fingerprint density at radius 2 is 1.73 bits per heavy atom. The summed E-state index contributed by atoms with van der Waals surface area (Å²) in [7, 11) is 0. The highest BCUT2D eigenvalue weighted by Gasteiger charge is 2.63. The van der Waals surface area contributed by atoms with E-state index in [0.717, 1.165) is 12.8 Å². The van der Waals surface area contributed by atoms with Crippen molar-refractivity contribution in [1.82, 2.24) is 4.98 Å². The molecule has 2 saturated carbocycles. The summed E-state index contributed by atoms with van der Waals surface area (Å²) in [5, 5.41) is 0.495. The van der Waals surface area contributed by atoms with E-state index in [1.807, 2.05) is 0 Å². The summed E-state index contributed by atoms with van der Waals surface area (Å²) in [6, 6.07) is 3.30. The number of halogens is 1. The fourth-order valence-corrected chi connectivity index (χ4v) is 4.83. The number of carbonyl (C=O) groups is 2. The van der Waals surface area contributed by atoms with Gasteiger partial charge in [0.05, 0.1) is 16.9 Å². The quantitative estimate of drug-likeness (QED) is 0.590. The summed E-state index contributed by atoms with van der Waals surface area (Å²) in [4.78, 5) is 31.1. The molecule has 3 aliphatic rings. The number of amides is 2. The van der Waals surface area contributed by atoms with Gasteiger partial charge in [0.15, 0.2) is 0 Å². The number of rotatable bonds is 1. The molecule has 0 N–H and O–H groups in total. The van der Waals surface area contributed by atoms with Crippen LogP contribution in [0.25, 0.3) is 0 Å². The Morgan fingerprint density at radius 1 is 1.14 bits per heavy atom. The monoisotopic (exact) mass is 316 g/mol. The minimum Gasteiger partial charge on any atom is -0.274 e. The SMILES string of the molecule is CC(C)=C1[C@@H]2CC[C@@H]1[C@@H]1C(=O)N(c3ccc(Cl)cn3)C(=O)[C@H]12. The Morgan fingerprint density at radius 3 is 2.18 bits per heavy atom. The van der Waals surface area contributed by atoms with E-state index < -0.39 is 0 Å². The molecule has 114 valence electrons. The zero-order valence-electron chi connectivity index (χ0n) is 12.5. The van der Waals surface area contributed by atoms with Crippen molar-refractivity contribution >= 4 is 29.2 Å². The predicted octanol–water partition coefficient (Wildman–Crippen LogP) is 3.22. The Bertz CT molecular complexity index is 674. The largest absolute Gasteiger partial charge is 0.274 e. The molecular weight excluding hydrogens is 300 g/mol. The van der Waals surface area contributed by atoms with E-state index in [2.05, 4.69) is 18.8 Å². The molecule has 5 heteroatoms. The summed E-state index contributed by atoms with van der Waals surface area (Å²) in [5.74, 6) is 0.336. The van der Waals surface area contributed by atoms with Crippen LogP contribution in [0.15, 0.2) is 29.5 Å². The molecule has 1 aliphatic heterocycles. The van der Waals surface area contributed by atoms with Crippen LogP contribution in [0.1, 0.15) is 26.7 Å². The number of anilines is 1. The van der Waals surface area contributed by atoms with E-state index >= 15 is 0 Å². The minimum absolute atomic E-state index is 0.0872. The molecule has 2 heterocycles. The Labute approximate surface area is 134 Å². The highest BCUT2D eigenvalue weighted by Crippen LogP contribution is 2.60. The van der Waals surface area contributed by atoms with Crippen molar-refractivity contribution in [3.05, 3.63) is 34.5 Å². The summed E-state index contributed by atoms with van der Waals surface area (Å²) >= 11 is 5.84. The number of hydrogen-bond donors (Lipinski definition) is 0. The third-order valence-corrected chi connectivity index (χ3v) is 5.59. The first-order chi connectivity index (χ1) is 10.5. The topological polar surface area (TPSA) is 50.3 Å². The highest BCUT2D eigenvalue weighted by atomic mass is 35.5. The number of fused-ring (bicyclic) bond motifs is 5. The number of pyridine rings is 1. The van der Waals surface area contributed by atoms with Gasteiger partial charge >= 0.3 is 0 Å². The number of carbonyl (C=O) groups excluding carboxylic acids is 2. The van der Waals surface area contributed by atoms with Gasteiger partial charge in [0.1, 0.15) is 5.82 Å². The van der Waals surface area contributed by atoms with Crippen LogP contribution in [0, 0.1) is 23.7 Å². The Hall–Kier alpha value is -1.68. The first-order valence-electron chi connectivity index (χ1n) is 7.67. The minimum atomic E-state index is -0.186. The van der Waals surface area contributed by atoms with Gasteiger partial charge in [-0.2, -0.15) is 0 Å². The van der Waals surface area contributed by atoms with Gasteiger partial charge in [-0.25, -0.2) is 9.88 Å². The van der Waals surface area contributed by atoms with Gasteiger partial charge in [0.2, 0.25) is 11.8 Å². The van der Waals surface area contributed by atoms with Crippen LogP contribution in [0.3, 0.4) is 0 Å². The Kier molecular flexibility index (Phi) is 2.95. The lowest BCUT2D eigenvalue weighted by Gasteiger charge is -2.18. The van der Waals surface area contributed by atoms with Gasteiger partial charge in [0, 0.05) is 6.20 Å².